The molecule has 1 aliphatic rings. The maximum absolute atomic E-state index is 13.3. The van der Waals surface area contributed by atoms with E-state index in [0.717, 1.165) is 28.6 Å². The first kappa shape index (κ1) is 26.0. The van der Waals surface area contributed by atoms with Gasteiger partial charge in [0.1, 0.15) is 23.9 Å². The standard InChI is InChI=1S/C30H32N2O5/c1-5-17-37-24-12-9-20(10-13-24)27-26(29(34)30(35)32(27)16-6-15-31(2)3)28(33)23-8-7-22-19-25(36-4)14-11-21(22)18-23/h5,7-14,18-19,27,33H,1,6,15-17H2,2-4H3/b28-26+. The minimum Gasteiger partial charge on any atom is -0.507 e. The van der Waals surface area contributed by atoms with Crippen LogP contribution in [0.1, 0.15) is 23.6 Å². The number of carbonyl (C=O) groups is 2. The number of rotatable bonds is 10. The Morgan fingerprint density at radius 2 is 1.70 bits per heavy atom. The predicted molar refractivity (Wildman–Crippen MR) is 145 cm³/mol. The monoisotopic (exact) mass is 500 g/mol. The zero-order valence-electron chi connectivity index (χ0n) is 21.4. The van der Waals surface area contributed by atoms with Crippen molar-refractivity contribution in [3.63, 3.8) is 0 Å². The molecule has 1 atom stereocenters. The summed E-state index contributed by atoms with van der Waals surface area (Å²) in [7, 11) is 5.53. The third-order valence-corrected chi connectivity index (χ3v) is 6.43. The third-order valence-electron chi connectivity index (χ3n) is 6.43. The summed E-state index contributed by atoms with van der Waals surface area (Å²) in [4.78, 5) is 30.1. The summed E-state index contributed by atoms with van der Waals surface area (Å²) in [6, 6.07) is 17.6. The second-order valence-electron chi connectivity index (χ2n) is 9.25. The first-order valence-corrected chi connectivity index (χ1v) is 12.2. The largest absolute Gasteiger partial charge is 0.507 e. The fourth-order valence-electron chi connectivity index (χ4n) is 4.57. The van der Waals surface area contributed by atoms with Crippen molar-refractivity contribution < 1.29 is 24.2 Å². The fourth-order valence-corrected chi connectivity index (χ4v) is 4.57. The van der Waals surface area contributed by atoms with Gasteiger partial charge in [0.05, 0.1) is 18.7 Å². The van der Waals surface area contributed by atoms with Crippen LogP contribution in [0.2, 0.25) is 0 Å². The Kier molecular flexibility index (Phi) is 7.94. The van der Waals surface area contributed by atoms with E-state index in [2.05, 4.69) is 6.58 Å². The molecular formula is C30H32N2O5. The van der Waals surface area contributed by atoms with Gasteiger partial charge in [-0.1, -0.05) is 43.0 Å². The highest BCUT2D eigenvalue weighted by Gasteiger charge is 2.45. The number of aliphatic hydroxyl groups excluding tert-OH is 1. The van der Waals surface area contributed by atoms with Crippen LogP contribution >= 0.6 is 0 Å². The lowest BCUT2D eigenvalue weighted by atomic mass is 9.94. The molecule has 4 rings (SSSR count). The molecule has 1 saturated heterocycles. The Bertz CT molecular complexity index is 1340. The van der Waals surface area contributed by atoms with Gasteiger partial charge in [0.2, 0.25) is 0 Å². The summed E-state index contributed by atoms with van der Waals surface area (Å²) in [5.41, 5.74) is 1.28. The van der Waals surface area contributed by atoms with Gasteiger partial charge < -0.3 is 24.4 Å². The first-order chi connectivity index (χ1) is 17.8. The van der Waals surface area contributed by atoms with E-state index in [1.54, 1.807) is 36.3 Å². The maximum atomic E-state index is 13.3. The first-order valence-electron chi connectivity index (χ1n) is 12.2. The van der Waals surface area contributed by atoms with Crippen LogP contribution in [0, 0.1) is 0 Å². The molecule has 1 N–H and O–H groups in total. The number of aliphatic hydroxyl groups is 1. The minimum atomic E-state index is -0.706. The zero-order valence-corrected chi connectivity index (χ0v) is 21.4. The summed E-state index contributed by atoms with van der Waals surface area (Å²) in [6.07, 6.45) is 2.35. The van der Waals surface area contributed by atoms with Gasteiger partial charge in [0.15, 0.2) is 0 Å². The average molecular weight is 501 g/mol. The van der Waals surface area contributed by atoms with Crippen LogP contribution < -0.4 is 9.47 Å². The summed E-state index contributed by atoms with van der Waals surface area (Å²) >= 11 is 0. The molecule has 1 unspecified atom stereocenters. The SMILES string of the molecule is C=CCOc1ccc(C2/C(=C(\O)c3ccc4cc(OC)ccc4c3)C(=O)C(=O)N2CCCN(C)C)cc1. The number of carbonyl (C=O) groups excluding carboxylic acids is 2. The topological polar surface area (TPSA) is 79.3 Å². The van der Waals surface area contributed by atoms with E-state index in [0.29, 0.717) is 30.9 Å². The Hall–Kier alpha value is -4.10. The number of ether oxygens (including phenoxy) is 2. The van der Waals surface area contributed by atoms with Gasteiger partial charge in [0, 0.05) is 12.1 Å². The van der Waals surface area contributed by atoms with Gasteiger partial charge in [0.25, 0.3) is 11.7 Å². The fraction of sp³-hybridized carbons (Fsp3) is 0.267. The van der Waals surface area contributed by atoms with Gasteiger partial charge in [-0.05, 0) is 73.7 Å². The molecule has 192 valence electrons. The number of ketones is 1. The van der Waals surface area contributed by atoms with Crippen molar-refractivity contribution in [1.82, 2.24) is 9.80 Å². The molecular weight excluding hydrogens is 468 g/mol. The number of nitrogens with zero attached hydrogens (tertiary/aromatic N) is 2. The lowest BCUT2D eigenvalue weighted by Crippen LogP contribution is -2.32. The number of likely N-dealkylation sites (tertiary alicyclic amines) is 1. The second-order valence-corrected chi connectivity index (χ2v) is 9.25. The van der Waals surface area contributed by atoms with Crippen LogP contribution in [0.15, 0.2) is 78.9 Å². The molecule has 7 heteroatoms. The van der Waals surface area contributed by atoms with Crippen LogP contribution in [-0.4, -0.2) is 67.5 Å². The van der Waals surface area contributed by atoms with Crippen LogP contribution in [0.4, 0.5) is 0 Å². The van der Waals surface area contributed by atoms with Crippen molar-refractivity contribution in [2.24, 2.45) is 0 Å². The lowest BCUT2D eigenvalue weighted by molar-refractivity contribution is -0.139. The molecule has 1 amide bonds. The normalized spacial score (nSPS) is 17.0. The van der Waals surface area contributed by atoms with Crippen molar-refractivity contribution in [2.75, 3.05) is 40.9 Å². The number of hydrogen-bond acceptors (Lipinski definition) is 6. The highest BCUT2D eigenvalue weighted by atomic mass is 16.5. The van der Waals surface area contributed by atoms with E-state index in [-0.39, 0.29) is 11.3 Å². The third kappa shape index (κ3) is 5.52. The zero-order chi connectivity index (χ0) is 26.5. The van der Waals surface area contributed by atoms with E-state index in [1.807, 2.05) is 61.5 Å². The highest BCUT2D eigenvalue weighted by Crippen LogP contribution is 2.40. The maximum Gasteiger partial charge on any atom is 0.295 e. The molecule has 3 aromatic rings. The van der Waals surface area contributed by atoms with Gasteiger partial charge in [-0.15, -0.1) is 0 Å². The number of amides is 1. The molecule has 1 aliphatic heterocycles. The average Bonchev–Trinajstić information content (AvgIpc) is 3.16. The Labute approximate surface area is 217 Å². The van der Waals surface area contributed by atoms with Crippen molar-refractivity contribution in [3.05, 3.63) is 90.0 Å². The van der Waals surface area contributed by atoms with E-state index in [1.165, 1.54) is 0 Å². The Morgan fingerprint density at radius 3 is 2.38 bits per heavy atom. The molecule has 37 heavy (non-hydrogen) atoms. The molecule has 7 nitrogen and oxygen atoms in total. The summed E-state index contributed by atoms with van der Waals surface area (Å²) in [5, 5.41) is 13.2. The van der Waals surface area contributed by atoms with Gasteiger partial charge >= 0.3 is 0 Å². The molecule has 0 bridgehead atoms. The van der Waals surface area contributed by atoms with Gasteiger partial charge in [-0.2, -0.15) is 0 Å². The van der Waals surface area contributed by atoms with Gasteiger partial charge in [-0.25, -0.2) is 0 Å². The minimum absolute atomic E-state index is 0.0856. The smallest absolute Gasteiger partial charge is 0.295 e. The molecule has 0 aliphatic carbocycles. The number of benzene rings is 3. The Morgan fingerprint density at radius 1 is 1.03 bits per heavy atom. The number of fused-ring (bicyclic) bond motifs is 1. The molecule has 1 fully saturated rings. The molecule has 3 aromatic carbocycles. The summed E-state index contributed by atoms with van der Waals surface area (Å²) in [6.45, 7) is 5.18. The molecule has 0 spiro atoms. The van der Waals surface area contributed by atoms with Crippen molar-refractivity contribution in [3.8, 4) is 11.5 Å². The van der Waals surface area contributed by atoms with Crippen LogP contribution in [-0.2, 0) is 9.59 Å². The van der Waals surface area contributed by atoms with Gasteiger partial charge in [-0.3, -0.25) is 9.59 Å². The quantitative estimate of drug-likeness (QED) is 0.187. The molecule has 0 saturated carbocycles. The highest BCUT2D eigenvalue weighted by molar-refractivity contribution is 6.46. The van der Waals surface area contributed by atoms with Crippen LogP contribution in [0.3, 0.4) is 0 Å². The molecule has 0 aromatic heterocycles. The Balaban J connectivity index is 1.78. The summed E-state index contributed by atoms with van der Waals surface area (Å²) in [5.74, 6) is -0.105. The number of hydrogen-bond donors (Lipinski definition) is 1. The summed E-state index contributed by atoms with van der Waals surface area (Å²) < 4.78 is 10.9. The lowest BCUT2D eigenvalue weighted by Gasteiger charge is -2.26. The predicted octanol–water partition coefficient (Wildman–Crippen LogP) is 4.79. The number of methoxy groups -OCH3 is 1. The number of Topliss-reactive ketones (excluding diaryl/α,β-unsaturated/α-hetero) is 1. The van der Waals surface area contributed by atoms with E-state index < -0.39 is 17.7 Å². The molecule has 0 radical (unpaired) electrons. The molecule has 1 heterocycles. The van der Waals surface area contributed by atoms with Crippen molar-refractivity contribution >= 4 is 28.2 Å². The van der Waals surface area contributed by atoms with E-state index in [9.17, 15) is 14.7 Å². The van der Waals surface area contributed by atoms with Crippen molar-refractivity contribution in [2.45, 2.75) is 12.5 Å². The van der Waals surface area contributed by atoms with E-state index >= 15 is 0 Å². The van der Waals surface area contributed by atoms with Crippen LogP contribution in [0.25, 0.3) is 16.5 Å². The van der Waals surface area contributed by atoms with Crippen LogP contribution in [0.5, 0.6) is 11.5 Å². The van der Waals surface area contributed by atoms with E-state index in [4.69, 9.17) is 9.47 Å². The second kappa shape index (κ2) is 11.3. The van der Waals surface area contributed by atoms with Crippen molar-refractivity contribution in [1.29, 1.82) is 0 Å².